The molecule has 0 bridgehead atoms. The van der Waals surface area contributed by atoms with Crippen LogP contribution in [-0.2, 0) is 9.53 Å². The van der Waals surface area contributed by atoms with E-state index in [0.29, 0.717) is 17.9 Å². The smallest absolute Gasteiger partial charge is 0.242 e. The molecule has 0 aliphatic rings. The minimum absolute atomic E-state index is 0.0594. The highest BCUT2D eigenvalue weighted by atomic mass is 32.1. The predicted molar refractivity (Wildman–Crippen MR) is 64.0 cm³/mol. The minimum atomic E-state index is -0.310. The summed E-state index contributed by atoms with van der Waals surface area (Å²) in [5.74, 6) is -0.0594. The Hall–Kier alpha value is -1.14. The summed E-state index contributed by atoms with van der Waals surface area (Å²) in [7, 11) is 1.60. The number of nitrogens with one attached hydrogen (secondary N) is 2. The van der Waals surface area contributed by atoms with Crippen molar-refractivity contribution >= 4 is 18.1 Å². The summed E-state index contributed by atoms with van der Waals surface area (Å²) < 4.78 is 7.21. The van der Waals surface area contributed by atoms with Crippen LogP contribution in [0.3, 0.4) is 0 Å². The third kappa shape index (κ3) is 2.93. The minimum Gasteiger partial charge on any atom is -0.383 e. The van der Waals surface area contributed by atoms with Gasteiger partial charge in [-0.3, -0.25) is 4.79 Å². The van der Waals surface area contributed by atoms with Crippen molar-refractivity contribution in [3.8, 4) is 0 Å². The Morgan fingerprint density at radius 3 is 2.94 bits per heavy atom. The number of imidazole rings is 1. The number of carbonyl (C=O) groups is 1. The summed E-state index contributed by atoms with van der Waals surface area (Å²) in [5, 5.41) is 2.78. The summed E-state index contributed by atoms with van der Waals surface area (Å²) in [6, 6.07) is -0.310. The van der Waals surface area contributed by atoms with Gasteiger partial charge in [-0.15, -0.1) is 0 Å². The lowest BCUT2D eigenvalue weighted by Crippen LogP contribution is -2.33. The molecule has 1 heterocycles. The molecule has 0 aliphatic heterocycles. The molecule has 6 heteroatoms. The van der Waals surface area contributed by atoms with E-state index in [1.54, 1.807) is 17.9 Å². The summed E-state index contributed by atoms with van der Waals surface area (Å²) in [5.41, 5.74) is 0.944. The Kier molecular flexibility index (Phi) is 4.70. The molecule has 1 amide bonds. The zero-order chi connectivity index (χ0) is 12.1. The third-order valence-electron chi connectivity index (χ3n) is 2.38. The summed E-state index contributed by atoms with van der Waals surface area (Å²) in [6.45, 7) is 4.75. The fraction of sp³-hybridized carbons (Fsp3) is 0.600. The summed E-state index contributed by atoms with van der Waals surface area (Å²) in [4.78, 5) is 14.7. The van der Waals surface area contributed by atoms with Crippen molar-refractivity contribution < 1.29 is 9.53 Å². The molecule has 1 atom stereocenters. The summed E-state index contributed by atoms with van der Waals surface area (Å²) >= 11 is 5.11. The number of aromatic nitrogens is 2. The third-order valence-corrected chi connectivity index (χ3v) is 2.69. The van der Waals surface area contributed by atoms with Crippen LogP contribution >= 0.6 is 12.2 Å². The molecule has 0 aliphatic carbocycles. The second kappa shape index (κ2) is 5.81. The van der Waals surface area contributed by atoms with Gasteiger partial charge < -0.3 is 19.6 Å². The van der Waals surface area contributed by atoms with Crippen LogP contribution in [0, 0.1) is 11.7 Å². The largest absolute Gasteiger partial charge is 0.383 e. The lowest BCUT2D eigenvalue weighted by molar-refractivity contribution is -0.124. The Morgan fingerprint density at radius 2 is 2.44 bits per heavy atom. The second-order valence-electron chi connectivity index (χ2n) is 3.57. The number of aryl methyl sites for hydroxylation is 1. The SMILES string of the molecule is COCCNC(=O)C(C)n1c(C)c[nH]c1=S. The standard InChI is InChI=1S/C10H17N3O2S/c1-7-6-12-10(16)13(7)8(2)9(14)11-4-5-15-3/h6,8H,4-5H2,1-3H3,(H,11,14)(H,12,16). The predicted octanol–water partition coefficient (Wildman–Crippen LogP) is 1.18. The molecule has 0 spiro atoms. The first-order chi connectivity index (χ1) is 7.57. The maximum absolute atomic E-state index is 11.8. The van der Waals surface area contributed by atoms with E-state index >= 15 is 0 Å². The number of amides is 1. The lowest BCUT2D eigenvalue weighted by Gasteiger charge is -2.15. The number of aromatic amines is 1. The first-order valence-electron chi connectivity index (χ1n) is 5.11. The van der Waals surface area contributed by atoms with Crippen molar-refractivity contribution in [1.82, 2.24) is 14.9 Å². The number of carbonyl (C=O) groups excluding carboxylic acids is 1. The van der Waals surface area contributed by atoms with Gasteiger partial charge >= 0.3 is 0 Å². The second-order valence-corrected chi connectivity index (χ2v) is 3.95. The van der Waals surface area contributed by atoms with Gasteiger partial charge in [0.05, 0.1) is 6.61 Å². The number of hydrogen-bond acceptors (Lipinski definition) is 3. The monoisotopic (exact) mass is 243 g/mol. The van der Waals surface area contributed by atoms with Crippen LogP contribution in [-0.4, -0.2) is 35.7 Å². The molecule has 0 fully saturated rings. The van der Waals surface area contributed by atoms with Crippen molar-refractivity contribution in [2.24, 2.45) is 0 Å². The van der Waals surface area contributed by atoms with Gasteiger partial charge in [-0.2, -0.15) is 0 Å². The number of methoxy groups -OCH3 is 1. The molecule has 2 N–H and O–H groups in total. The van der Waals surface area contributed by atoms with Gasteiger partial charge in [0.2, 0.25) is 5.91 Å². The van der Waals surface area contributed by atoms with Gasteiger partial charge in [0.25, 0.3) is 0 Å². The molecule has 1 unspecified atom stereocenters. The Balaban J connectivity index is 2.67. The number of ether oxygens (including phenoxy) is 1. The first-order valence-corrected chi connectivity index (χ1v) is 5.52. The van der Waals surface area contributed by atoms with Gasteiger partial charge in [-0.1, -0.05) is 0 Å². The lowest BCUT2D eigenvalue weighted by atomic mass is 10.3. The highest BCUT2D eigenvalue weighted by Gasteiger charge is 2.16. The Morgan fingerprint density at radius 1 is 1.75 bits per heavy atom. The molecular weight excluding hydrogens is 226 g/mol. The first kappa shape index (κ1) is 12.9. The maximum atomic E-state index is 11.8. The molecule has 16 heavy (non-hydrogen) atoms. The van der Waals surface area contributed by atoms with E-state index in [0.717, 1.165) is 5.69 Å². The van der Waals surface area contributed by atoms with E-state index in [-0.39, 0.29) is 11.9 Å². The van der Waals surface area contributed by atoms with Gasteiger partial charge in [-0.05, 0) is 26.1 Å². The van der Waals surface area contributed by atoms with Crippen molar-refractivity contribution in [2.75, 3.05) is 20.3 Å². The number of H-pyrrole nitrogens is 1. The van der Waals surface area contributed by atoms with Crippen molar-refractivity contribution in [1.29, 1.82) is 0 Å². The molecule has 90 valence electrons. The molecule has 1 aromatic rings. The molecule has 1 rings (SSSR count). The molecule has 0 aromatic carbocycles. The maximum Gasteiger partial charge on any atom is 0.242 e. The number of rotatable bonds is 5. The zero-order valence-electron chi connectivity index (χ0n) is 9.74. The fourth-order valence-corrected chi connectivity index (χ4v) is 1.85. The fourth-order valence-electron chi connectivity index (χ4n) is 1.49. The van der Waals surface area contributed by atoms with Crippen LogP contribution in [0.4, 0.5) is 0 Å². The van der Waals surface area contributed by atoms with E-state index in [9.17, 15) is 4.79 Å². The molecule has 0 radical (unpaired) electrons. The van der Waals surface area contributed by atoms with Crippen LogP contribution in [0.5, 0.6) is 0 Å². The topological polar surface area (TPSA) is 59.0 Å². The quantitative estimate of drug-likeness (QED) is 0.603. The van der Waals surface area contributed by atoms with E-state index < -0.39 is 0 Å². The number of nitrogens with zero attached hydrogens (tertiary/aromatic N) is 1. The van der Waals surface area contributed by atoms with Crippen LogP contribution in [0.25, 0.3) is 0 Å². The van der Waals surface area contributed by atoms with E-state index in [2.05, 4.69) is 10.3 Å². The van der Waals surface area contributed by atoms with Crippen LogP contribution in [0.2, 0.25) is 0 Å². The summed E-state index contributed by atoms with van der Waals surface area (Å²) in [6.07, 6.45) is 1.79. The highest BCUT2D eigenvalue weighted by Crippen LogP contribution is 2.10. The van der Waals surface area contributed by atoms with E-state index in [1.807, 2.05) is 13.8 Å². The van der Waals surface area contributed by atoms with Crippen molar-refractivity contribution in [3.63, 3.8) is 0 Å². The van der Waals surface area contributed by atoms with E-state index in [4.69, 9.17) is 17.0 Å². The van der Waals surface area contributed by atoms with E-state index in [1.165, 1.54) is 0 Å². The van der Waals surface area contributed by atoms with Gasteiger partial charge in [0.15, 0.2) is 4.77 Å². The van der Waals surface area contributed by atoms with Crippen LogP contribution in [0.1, 0.15) is 18.7 Å². The normalized spacial score (nSPS) is 12.4. The number of hydrogen-bond donors (Lipinski definition) is 2. The Labute approximate surface area is 99.8 Å². The van der Waals surface area contributed by atoms with Crippen LogP contribution < -0.4 is 5.32 Å². The molecular formula is C10H17N3O2S. The molecule has 1 aromatic heterocycles. The molecule has 0 saturated heterocycles. The van der Waals surface area contributed by atoms with Crippen molar-refractivity contribution in [3.05, 3.63) is 16.7 Å². The average Bonchev–Trinajstić information content (AvgIpc) is 2.58. The highest BCUT2D eigenvalue weighted by molar-refractivity contribution is 7.71. The average molecular weight is 243 g/mol. The zero-order valence-corrected chi connectivity index (χ0v) is 10.6. The van der Waals surface area contributed by atoms with Gasteiger partial charge in [0.1, 0.15) is 6.04 Å². The van der Waals surface area contributed by atoms with Crippen LogP contribution in [0.15, 0.2) is 6.20 Å². The van der Waals surface area contributed by atoms with Gasteiger partial charge in [-0.25, -0.2) is 0 Å². The Bertz CT molecular complexity index is 410. The molecule has 5 nitrogen and oxygen atoms in total. The molecule has 0 saturated carbocycles. The van der Waals surface area contributed by atoms with Crippen molar-refractivity contribution in [2.45, 2.75) is 19.9 Å². The van der Waals surface area contributed by atoms with Gasteiger partial charge in [0, 0.05) is 25.5 Å².